The van der Waals surface area contributed by atoms with Gasteiger partial charge in [-0.25, -0.2) is 0 Å². The Balaban J connectivity index is 1.41. The maximum atomic E-state index is 12.7. The van der Waals surface area contributed by atoms with Crippen molar-refractivity contribution in [3.05, 3.63) is 30.1 Å². The lowest BCUT2D eigenvalue weighted by Gasteiger charge is -2.56. The second-order valence-electron chi connectivity index (χ2n) is 8.21. The molecule has 0 radical (unpaired) electrons. The molecule has 0 atom stereocenters. The smallest absolute Gasteiger partial charge is 0.223 e. The van der Waals surface area contributed by atoms with Crippen LogP contribution in [-0.4, -0.2) is 22.8 Å². The van der Waals surface area contributed by atoms with Crippen LogP contribution in [0.15, 0.2) is 24.5 Å². The summed E-state index contributed by atoms with van der Waals surface area (Å²) < 4.78 is 0. The van der Waals surface area contributed by atoms with Gasteiger partial charge in [0.25, 0.3) is 0 Å². The van der Waals surface area contributed by atoms with E-state index in [1.165, 1.54) is 38.5 Å². The third kappa shape index (κ3) is 2.66. The summed E-state index contributed by atoms with van der Waals surface area (Å²) in [6, 6.07) is 3.98. The molecule has 1 amide bonds. The van der Waals surface area contributed by atoms with Crippen LogP contribution in [0.1, 0.15) is 50.5 Å². The largest absolute Gasteiger partial charge is 0.341 e. The molecule has 22 heavy (non-hydrogen) atoms. The van der Waals surface area contributed by atoms with E-state index < -0.39 is 0 Å². The molecule has 0 N–H and O–H groups in total. The Morgan fingerprint density at radius 2 is 1.86 bits per heavy atom. The van der Waals surface area contributed by atoms with Gasteiger partial charge < -0.3 is 4.90 Å². The first-order valence-corrected chi connectivity index (χ1v) is 8.75. The monoisotopic (exact) mass is 298 g/mol. The summed E-state index contributed by atoms with van der Waals surface area (Å²) in [7, 11) is 1.94. The fraction of sp³-hybridized carbons (Fsp3) is 0.684. The van der Waals surface area contributed by atoms with E-state index in [0.717, 1.165) is 29.7 Å². The van der Waals surface area contributed by atoms with Crippen molar-refractivity contribution in [1.29, 1.82) is 0 Å². The van der Waals surface area contributed by atoms with Crippen LogP contribution in [0, 0.1) is 23.2 Å². The molecule has 0 aliphatic heterocycles. The molecule has 1 heterocycles. The zero-order chi connectivity index (χ0) is 15.2. The molecular formula is C19H26N2O. The molecule has 4 fully saturated rings. The molecule has 0 saturated heterocycles. The fourth-order valence-electron chi connectivity index (χ4n) is 5.82. The molecule has 1 aromatic rings. The van der Waals surface area contributed by atoms with Crippen LogP contribution >= 0.6 is 0 Å². The van der Waals surface area contributed by atoms with Gasteiger partial charge in [-0.2, -0.15) is 0 Å². The molecule has 0 aromatic carbocycles. The summed E-state index contributed by atoms with van der Waals surface area (Å²) in [6.45, 7) is 0.680. The van der Waals surface area contributed by atoms with Gasteiger partial charge in [-0.3, -0.25) is 9.78 Å². The molecule has 0 spiro atoms. The van der Waals surface area contributed by atoms with E-state index in [1.807, 2.05) is 30.3 Å². The molecule has 5 rings (SSSR count). The Labute approximate surface area is 133 Å². The molecule has 3 nitrogen and oxygen atoms in total. The minimum atomic E-state index is 0.325. The summed E-state index contributed by atoms with van der Waals surface area (Å²) in [6.07, 6.45) is 12.7. The Kier molecular flexibility index (Phi) is 3.47. The Hall–Kier alpha value is -1.38. The minimum Gasteiger partial charge on any atom is -0.341 e. The Bertz CT molecular complexity index is 519. The summed E-state index contributed by atoms with van der Waals surface area (Å²) in [5, 5.41) is 0. The lowest BCUT2D eigenvalue weighted by Crippen LogP contribution is -2.48. The highest BCUT2D eigenvalue weighted by Crippen LogP contribution is 2.61. The van der Waals surface area contributed by atoms with Gasteiger partial charge in [-0.15, -0.1) is 0 Å². The van der Waals surface area contributed by atoms with Gasteiger partial charge in [-0.1, -0.05) is 6.07 Å². The van der Waals surface area contributed by atoms with E-state index in [1.54, 1.807) is 6.20 Å². The molecule has 4 bridgehead atoms. The van der Waals surface area contributed by atoms with Gasteiger partial charge >= 0.3 is 0 Å². The second kappa shape index (κ2) is 5.36. The zero-order valence-corrected chi connectivity index (χ0v) is 13.5. The number of amides is 1. The molecule has 4 aliphatic rings. The van der Waals surface area contributed by atoms with Crippen molar-refractivity contribution in [1.82, 2.24) is 9.88 Å². The topological polar surface area (TPSA) is 33.2 Å². The van der Waals surface area contributed by atoms with Gasteiger partial charge in [0.15, 0.2) is 0 Å². The van der Waals surface area contributed by atoms with Gasteiger partial charge in [-0.05, 0) is 73.3 Å². The van der Waals surface area contributed by atoms with Crippen LogP contribution < -0.4 is 0 Å². The van der Waals surface area contributed by atoms with Gasteiger partial charge in [0.1, 0.15) is 0 Å². The third-order valence-corrected chi connectivity index (χ3v) is 6.26. The van der Waals surface area contributed by atoms with E-state index in [4.69, 9.17) is 0 Å². The van der Waals surface area contributed by atoms with E-state index in [-0.39, 0.29) is 0 Å². The molecular weight excluding hydrogens is 272 g/mol. The number of carbonyl (C=O) groups excluding carboxylic acids is 1. The maximum absolute atomic E-state index is 12.7. The summed E-state index contributed by atoms with van der Waals surface area (Å²) in [4.78, 5) is 18.8. The van der Waals surface area contributed by atoms with Crippen LogP contribution in [-0.2, 0) is 11.3 Å². The number of rotatable bonds is 4. The predicted molar refractivity (Wildman–Crippen MR) is 85.9 cm³/mol. The van der Waals surface area contributed by atoms with Crippen molar-refractivity contribution < 1.29 is 4.79 Å². The van der Waals surface area contributed by atoms with Crippen molar-refractivity contribution in [3.8, 4) is 0 Å². The van der Waals surface area contributed by atoms with Crippen molar-refractivity contribution in [2.45, 2.75) is 51.5 Å². The average molecular weight is 298 g/mol. The quantitative estimate of drug-likeness (QED) is 0.850. The lowest BCUT2D eigenvalue weighted by atomic mass is 9.49. The number of hydrogen-bond acceptors (Lipinski definition) is 2. The Morgan fingerprint density at radius 1 is 1.23 bits per heavy atom. The first-order chi connectivity index (χ1) is 10.6. The molecule has 3 heteroatoms. The van der Waals surface area contributed by atoms with E-state index in [2.05, 4.69) is 4.98 Å². The minimum absolute atomic E-state index is 0.325. The number of pyridine rings is 1. The first kappa shape index (κ1) is 14.2. The predicted octanol–water partition coefficient (Wildman–Crippen LogP) is 3.65. The molecule has 118 valence electrons. The number of carbonyl (C=O) groups is 1. The van der Waals surface area contributed by atoms with Crippen LogP contribution in [0.25, 0.3) is 0 Å². The van der Waals surface area contributed by atoms with Crippen LogP contribution in [0.3, 0.4) is 0 Å². The van der Waals surface area contributed by atoms with E-state index in [0.29, 0.717) is 17.9 Å². The van der Waals surface area contributed by atoms with Gasteiger partial charge in [0.05, 0.1) is 0 Å². The summed E-state index contributed by atoms with van der Waals surface area (Å²) in [5.74, 6) is 3.08. The van der Waals surface area contributed by atoms with Crippen LogP contribution in [0.5, 0.6) is 0 Å². The molecule has 1 aromatic heterocycles. The number of aromatic nitrogens is 1. The average Bonchev–Trinajstić information content (AvgIpc) is 2.46. The van der Waals surface area contributed by atoms with Crippen molar-refractivity contribution in [2.75, 3.05) is 7.05 Å². The number of nitrogens with zero attached hydrogens (tertiary/aromatic N) is 2. The standard InChI is InChI=1S/C19H26N2O/c1-21(13-14-3-2-4-20-12-14)18(22)11-19-8-15-5-16(9-19)7-17(6-15)10-19/h2-4,12,15-17H,5-11,13H2,1H3. The van der Waals surface area contributed by atoms with Crippen LogP contribution in [0.4, 0.5) is 0 Å². The highest BCUT2D eigenvalue weighted by molar-refractivity contribution is 5.76. The SMILES string of the molecule is CN(Cc1cccnc1)C(=O)CC12CC3CC(CC(C3)C1)C2. The maximum Gasteiger partial charge on any atom is 0.223 e. The molecule has 4 aliphatic carbocycles. The van der Waals surface area contributed by atoms with Crippen molar-refractivity contribution in [3.63, 3.8) is 0 Å². The highest BCUT2D eigenvalue weighted by Gasteiger charge is 2.51. The second-order valence-corrected chi connectivity index (χ2v) is 8.21. The number of hydrogen-bond donors (Lipinski definition) is 0. The van der Waals surface area contributed by atoms with Crippen molar-refractivity contribution >= 4 is 5.91 Å². The van der Waals surface area contributed by atoms with Crippen molar-refractivity contribution in [2.24, 2.45) is 23.2 Å². The van der Waals surface area contributed by atoms with Crippen LogP contribution in [0.2, 0.25) is 0 Å². The first-order valence-electron chi connectivity index (χ1n) is 8.75. The Morgan fingerprint density at radius 3 is 2.41 bits per heavy atom. The lowest BCUT2D eigenvalue weighted by molar-refractivity contribution is -0.138. The zero-order valence-electron chi connectivity index (χ0n) is 13.5. The van der Waals surface area contributed by atoms with E-state index >= 15 is 0 Å². The fourth-order valence-corrected chi connectivity index (χ4v) is 5.82. The summed E-state index contributed by atoms with van der Waals surface area (Å²) in [5.41, 5.74) is 1.46. The summed E-state index contributed by atoms with van der Waals surface area (Å²) >= 11 is 0. The molecule has 0 unspecified atom stereocenters. The third-order valence-electron chi connectivity index (χ3n) is 6.26. The normalized spacial score (nSPS) is 35.6. The molecule has 4 saturated carbocycles. The van der Waals surface area contributed by atoms with E-state index in [9.17, 15) is 4.79 Å². The van der Waals surface area contributed by atoms with Gasteiger partial charge in [0, 0.05) is 32.4 Å². The van der Waals surface area contributed by atoms with Gasteiger partial charge in [0.2, 0.25) is 5.91 Å². The highest BCUT2D eigenvalue weighted by atomic mass is 16.2.